The molecule has 1 fully saturated rings. The lowest BCUT2D eigenvalue weighted by molar-refractivity contribution is -0.0402. The summed E-state index contributed by atoms with van der Waals surface area (Å²) >= 11 is 0. The molecule has 0 aromatic heterocycles. The monoisotopic (exact) mass is 294 g/mol. The number of para-hydroxylation sites is 2. The Morgan fingerprint density at radius 3 is 2.71 bits per heavy atom. The number of hydrogen-bond acceptors (Lipinski definition) is 5. The fourth-order valence-corrected chi connectivity index (χ4v) is 2.38. The number of hydrogen-bond donors (Lipinski definition) is 1. The van der Waals surface area contributed by atoms with Crippen molar-refractivity contribution in [2.24, 2.45) is 5.73 Å². The second kappa shape index (κ2) is 8.22. The molecule has 1 aliphatic rings. The van der Waals surface area contributed by atoms with Gasteiger partial charge in [-0.3, -0.25) is 4.90 Å². The highest BCUT2D eigenvalue weighted by Crippen LogP contribution is 2.26. The highest BCUT2D eigenvalue weighted by Gasteiger charge is 2.23. The van der Waals surface area contributed by atoms with Crippen LogP contribution in [-0.2, 0) is 4.74 Å². The fourth-order valence-electron chi connectivity index (χ4n) is 2.38. The van der Waals surface area contributed by atoms with Gasteiger partial charge in [0.2, 0.25) is 0 Å². The minimum atomic E-state index is 0.0624. The molecular formula is C16H26N2O3. The largest absolute Gasteiger partial charge is 0.490 e. The third-order valence-corrected chi connectivity index (χ3v) is 3.58. The van der Waals surface area contributed by atoms with Gasteiger partial charge in [0, 0.05) is 25.7 Å². The predicted molar refractivity (Wildman–Crippen MR) is 82.9 cm³/mol. The van der Waals surface area contributed by atoms with Crippen LogP contribution < -0.4 is 15.2 Å². The van der Waals surface area contributed by atoms with Crippen molar-refractivity contribution in [3.8, 4) is 11.5 Å². The quantitative estimate of drug-likeness (QED) is 0.826. The van der Waals surface area contributed by atoms with Crippen LogP contribution in [0.3, 0.4) is 0 Å². The predicted octanol–water partition coefficient (Wildman–Crippen LogP) is 1.51. The van der Waals surface area contributed by atoms with Crippen molar-refractivity contribution in [2.75, 3.05) is 39.5 Å². The number of benzene rings is 1. The molecule has 2 N–H and O–H groups in total. The number of ether oxygens (including phenoxy) is 3. The van der Waals surface area contributed by atoms with Crippen LogP contribution in [0.5, 0.6) is 11.5 Å². The Labute approximate surface area is 127 Å². The average Bonchev–Trinajstić information content (AvgIpc) is 2.49. The van der Waals surface area contributed by atoms with Crippen molar-refractivity contribution in [3.05, 3.63) is 24.3 Å². The topological polar surface area (TPSA) is 57.0 Å². The summed E-state index contributed by atoms with van der Waals surface area (Å²) in [6.07, 6.45) is 0.120. The number of rotatable bonds is 7. The van der Waals surface area contributed by atoms with E-state index in [-0.39, 0.29) is 12.1 Å². The van der Waals surface area contributed by atoms with Crippen molar-refractivity contribution in [1.29, 1.82) is 0 Å². The second-order valence-electron chi connectivity index (χ2n) is 5.30. The lowest BCUT2D eigenvalue weighted by Crippen LogP contribution is -2.50. The Kier molecular flexibility index (Phi) is 6.29. The summed E-state index contributed by atoms with van der Waals surface area (Å²) in [5.74, 6) is 1.60. The van der Waals surface area contributed by atoms with Gasteiger partial charge in [-0.05, 0) is 26.0 Å². The Bertz CT molecular complexity index is 426. The van der Waals surface area contributed by atoms with E-state index < -0.39 is 0 Å². The van der Waals surface area contributed by atoms with Gasteiger partial charge in [0.05, 0.1) is 19.3 Å². The molecule has 21 heavy (non-hydrogen) atoms. The zero-order chi connectivity index (χ0) is 15.1. The van der Waals surface area contributed by atoms with Gasteiger partial charge in [-0.25, -0.2) is 0 Å². The SMILES string of the molecule is CCOc1ccccc1OCCN1CCOC(C(C)N)C1. The zero-order valence-electron chi connectivity index (χ0n) is 13.0. The standard InChI is InChI=1S/C16H26N2O3/c1-3-19-14-6-4-5-7-15(14)20-10-8-18-9-11-21-16(12-18)13(2)17/h4-7,13,16H,3,8-12,17H2,1-2H3. The van der Waals surface area contributed by atoms with Crippen LogP contribution in [0.4, 0.5) is 0 Å². The van der Waals surface area contributed by atoms with Gasteiger partial charge in [-0.2, -0.15) is 0 Å². The van der Waals surface area contributed by atoms with E-state index in [4.69, 9.17) is 19.9 Å². The van der Waals surface area contributed by atoms with Gasteiger partial charge in [0.1, 0.15) is 6.61 Å². The molecule has 5 heteroatoms. The van der Waals surface area contributed by atoms with Gasteiger partial charge in [-0.1, -0.05) is 12.1 Å². The molecule has 0 aliphatic carbocycles. The normalized spacial score (nSPS) is 21.0. The molecule has 118 valence electrons. The lowest BCUT2D eigenvalue weighted by atomic mass is 10.1. The third-order valence-electron chi connectivity index (χ3n) is 3.58. The molecule has 0 amide bonds. The van der Waals surface area contributed by atoms with Gasteiger partial charge in [-0.15, -0.1) is 0 Å². The molecule has 1 saturated heterocycles. The van der Waals surface area contributed by atoms with Crippen molar-refractivity contribution < 1.29 is 14.2 Å². The summed E-state index contributed by atoms with van der Waals surface area (Å²) in [5, 5.41) is 0. The molecule has 0 radical (unpaired) electrons. The molecule has 1 aromatic carbocycles. The molecule has 5 nitrogen and oxygen atoms in total. The third kappa shape index (κ3) is 4.88. The van der Waals surface area contributed by atoms with E-state index in [1.54, 1.807) is 0 Å². The molecule has 2 unspecified atom stereocenters. The van der Waals surface area contributed by atoms with Crippen LogP contribution in [0, 0.1) is 0 Å². The summed E-state index contributed by atoms with van der Waals surface area (Å²) < 4.78 is 17.1. The lowest BCUT2D eigenvalue weighted by Gasteiger charge is -2.34. The molecule has 0 saturated carbocycles. The summed E-state index contributed by atoms with van der Waals surface area (Å²) in [5.41, 5.74) is 5.90. The summed E-state index contributed by atoms with van der Waals surface area (Å²) in [6.45, 7) is 8.64. The number of nitrogens with two attached hydrogens (primary N) is 1. The number of morpholine rings is 1. The Balaban J connectivity index is 1.79. The van der Waals surface area contributed by atoms with E-state index >= 15 is 0 Å². The molecule has 2 rings (SSSR count). The molecule has 2 atom stereocenters. The van der Waals surface area contributed by atoms with Crippen molar-refractivity contribution in [1.82, 2.24) is 4.90 Å². The first kappa shape index (κ1) is 16.1. The summed E-state index contributed by atoms with van der Waals surface area (Å²) in [6, 6.07) is 7.84. The minimum absolute atomic E-state index is 0.0624. The fraction of sp³-hybridized carbons (Fsp3) is 0.625. The second-order valence-corrected chi connectivity index (χ2v) is 5.30. The first-order chi connectivity index (χ1) is 10.2. The van der Waals surface area contributed by atoms with Crippen LogP contribution in [0.15, 0.2) is 24.3 Å². The minimum Gasteiger partial charge on any atom is -0.490 e. The van der Waals surface area contributed by atoms with Crippen LogP contribution in [0.2, 0.25) is 0 Å². The van der Waals surface area contributed by atoms with Gasteiger partial charge >= 0.3 is 0 Å². The van der Waals surface area contributed by atoms with Crippen molar-refractivity contribution >= 4 is 0 Å². The average molecular weight is 294 g/mol. The first-order valence-electron chi connectivity index (χ1n) is 7.65. The Morgan fingerprint density at radius 2 is 2.05 bits per heavy atom. The maximum absolute atomic E-state index is 5.90. The number of nitrogens with zero attached hydrogens (tertiary/aromatic N) is 1. The smallest absolute Gasteiger partial charge is 0.161 e. The van der Waals surface area contributed by atoms with Crippen LogP contribution in [0.25, 0.3) is 0 Å². The molecule has 1 aliphatic heterocycles. The van der Waals surface area contributed by atoms with Crippen LogP contribution >= 0.6 is 0 Å². The van der Waals surface area contributed by atoms with Gasteiger partial charge < -0.3 is 19.9 Å². The van der Waals surface area contributed by atoms with Crippen molar-refractivity contribution in [2.45, 2.75) is 26.0 Å². The highest BCUT2D eigenvalue weighted by molar-refractivity contribution is 5.39. The van der Waals surface area contributed by atoms with E-state index in [0.717, 1.165) is 37.7 Å². The Hall–Kier alpha value is -1.30. The van der Waals surface area contributed by atoms with E-state index in [2.05, 4.69) is 4.90 Å². The van der Waals surface area contributed by atoms with E-state index in [1.807, 2.05) is 38.1 Å². The maximum Gasteiger partial charge on any atom is 0.161 e. The van der Waals surface area contributed by atoms with Crippen LogP contribution in [0.1, 0.15) is 13.8 Å². The summed E-state index contributed by atoms with van der Waals surface area (Å²) in [4.78, 5) is 2.33. The molecule has 1 heterocycles. The van der Waals surface area contributed by atoms with Crippen molar-refractivity contribution in [3.63, 3.8) is 0 Å². The van der Waals surface area contributed by atoms with Gasteiger partial charge in [0.25, 0.3) is 0 Å². The molecule has 0 spiro atoms. The maximum atomic E-state index is 5.90. The molecular weight excluding hydrogens is 268 g/mol. The van der Waals surface area contributed by atoms with E-state index in [1.165, 1.54) is 0 Å². The zero-order valence-corrected chi connectivity index (χ0v) is 13.0. The van der Waals surface area contributed by atoms with Gasteiger partial charge in [0.15, 0.2) is 11.5 Å². The van der Waals surface area contributed by atoms with E-state index in [0.29, 0.717) is 13.2 Å². The Morgan fingerprint density at radius 1 is 1.33 bits per heavy atom. The first-order valence-corrected chi connectivity index (χ1v) is 7.65. The molecule has 1 aromatic rings. The molecule has 0 bridgehead atoms. The van der Waals surface area contributed by atoms with Crippen LogP contribution in [-0.4, -0.2) is 56.5 Å². The highest BCUT2D eigenvalue weighted by atomic mass is 16.5. The summed E-state index contributed by atoms with van der Waals surface area (Å²) in [7, 11) is 0. The van der Waals surface area contributed by atoms with E-state index in [9.17, 15) is 0 Å².